The van der Waals surface area contributed by atoms with Crippen LogP contribution in [0.25, 0.3) is 0 Å². The smallest absolute Gasteiger partial charge is 0.308 e. The molecule has 1 aliphatic heterocycles. The minimum absolute atomic E-state index is 0.323. The van der Waals surface area contributed by atoms with Crippen molar-refractivity contribution in [3.8, 4) is 0 Å². The quantitative estimate of drug-likeness (QED) is 0.840. The number of hydrogen-bond acceptors (Lipinski definition) is 3. The number of carbonyl (C=O) groups is 1. The third-order valence-electron chi connectivity index (χ3n) is 4.02. The maximum atomic E-state index is 12.7. The number of amides is 1. The SMILES string of the molecule is Cn1cc(N2CCCC(n3ccc(C(F)(F)F)cc3=O)C2=O)cn1. The van der Waals surface area contributed by atoms with E-state index in [0.29, 0.717) is 31.1 Å². The lowest BCUT2D eigenvalue weighted by Gasteiger charge is -2.32. The molecule has 9 heteroatoms. The van der Waals surface area contributed by atoms with E-state index in [1.54, 1.807) is 17.9 Å². The molecule has 3 rings (SSSR count). The Kier molecular flexibility index (Phi) is 3.94. The Morgan fingerprint density at radius 1 is 1.29 bits per heavy atom. The van der Waals surface area contributed by atoms with Crippen LogP contribution in [0.3, 0.4) is 0 Å². The second kappa shape index (κ2) is 5.81. The van der Waals surface area contributed by atoms with E-state index in [0.717, 1.165) is 16.8 Å². The zero-order chi connectivity index (χ0) is 17.5. The van der Waals surface area contributed by atoms with Crippen molar-refractivity contribution in [1.29, 1.82) is 0 Å². The summed E-state index contributed by atoms with van der Waals surface area (Å²) < 4.78 is 40.6. The average molecular weight is 340 g/mol. The largest absolute Gasteiger partial charge is 0.416 e. The highest BCUT2D eigenvalue weighted by Crippen LogP contribution is 2.29. The van der Waals surface area contributed by atoms with E-state index in [9.17, 15) is 22.8 Å². The molecule has 128 valence electrons. The van der Waals surface area contributed by atoms with E-state index in [4.69, 9.17) is 0 Å². The Bertz CT molecular complexity index is 825. The molecule has 0 bridgehead atoms. The van der Waals surface area contributed by atoms with Crippen molar-refractivity contribution in [2.75, 3.05) is 11.4 Å². The number of rotatable bonds is 2. The molecular weight excluding hydrogens is 325 g/mol. The van der Waals surface area contributed by atoms with Crippen molar-refractivity contribution in [1.82, 2.24) is 14.3 Å². The molecule has 0 spiro atoms. The fraction of sp³-hybridized carbons (Fsp3) is 0.400. The van der Waals surface area contributed by atoms with Gasteiger partial charge in [0.15, 0.2) is 0 Å². The van der Waals surface area contributed by atoms with E-state index >= 15 is 0 Å². The van der Waals surface area contributed by atoms with Crippen LogP contribution < -0.4 is 10.5 Å². The van der Waals surface area contributed by atoms with Gasteiger partial charge in [0.1, 0.15) is 6.04 Å². The standard InChI is InChI=1S/C15H15F3N4O2/c1-20-9-11(8-19-20)21-5-2-3-12(14(21)24)22-6-4-10(7-13(22)23)15(16,17)18/h4,6-9,12H,2-3,5H2,1H3. The van der Waals surface area contributed by atoms with Crippen molar-refractivity contribution in [2.24, 2.45) is 7.05 Å². The van der Waals surface area contributed by atoms with Crippen LogP contribution in [-0.4, -0.2) is 26.8 Å². The predicted octanol–water partition coefficient (Wildman–Crippen LogP) is 1.97. The van der Waals surface area contributed by atoms with Gasteiger partial charge in [0.25, 0.3) is 5.56 Å². The van der Waals surface area contributed by atoms with Crippen molar-refractivity contribution >= 4 is 11.6 Å². The Morgan fingerprint density at radius 2 is 2.04 bits per heavy atom. The third kappa shape index (κ3) is 2.93. The Balaban J connectivity index is 1.92. The molecule has 1 atom stereocenters. The molecule has 1 saturated heterocycles. The van der Waals surface area contributed by atoms with Crippen molar-refractivity contribution < 1.29 is 18.0 Å². The van der Waals surface area contributed by atoms with Gasteiger partial charge < -0.3 is 9.47 Å². The summed E-state index contributed by atoms with van der Waals surface area (Å²) in [6.45, 7) is 0.483. The van der Waals surface area contributed by atoms with Gasteiger partial charge in [0.2, 0.25) is 5.91 Å². The molecule has 2 aromatic rings. The van der Waals surface area contributed by atoms with Crippen LogP contribution in [0, 0.1) is 0 Å². The zero-order valence-electron chi connectivity index (χ0n) is 12.8. The predicted molar refractivity (Wildman–Crippen MR) is 79.5 cm³/mol. The van der Waals surface area contributed by atoms with Gasteiger partial charge in [-0.2, -0.15) is 18.3 Å². The second-order valence-corrected chi connectivity index (χ2v) is 5.68. The highest BCUT2D eigenvalue weighted by atomic mass is 19.4. The van der Waals surface area contributed by atoms with Gasteiger partial charge in [-0.3, -0.25) is 14.3 Å². The van der Waals surface area contributed by atoms with Crippen LogP contribution in [0.15, 0.2) is 35.5 Å². The fourth-order valence-electron chi connectivity index (χ4n) is 2.84. The Labute approximate surface area is 135 Å². The van der Waals surface area contributed by atoms with E-state index in [2.05, 4.69) is 5.10 Å². The summed E-state index contributed by atoms with van der Waals surface area (Å²) in [5.41, 5.74) is -1.25. The summed E-state index contributed by atoms with van der Waals surface area (Å²) in [7, 11) is 1.72. The number of alkyl halides is 3. The van der Waals surface area contributed by atoms with Crippen molar-refractivity contribution in [3.05, 3.63) is 46.6 Å². The minimum atomic E-state index is -4.59. The number of carbonyl (C=O) groups excluding carboxylic acids is 1. The maximum absolute atomic E-state index is 12.7. The Hall–Kier alpha value is -2.58. The topological polar surface area (TPSA) is 60.1 Å². The number of pyridine rings is 1. The molecule has 3 heterocycles. The number of aromatic nitrogens is 3. The molecule has 24 heavy (non-hydrogen) atoms. The lowest BCUT2D eigenvalue weighted by molar-refractivity contribution is -0.137. The third-order valence-corrected chi connectivity index (χ3v) is 4.02. The molecule has 0 aromatic carbocycles. The van der Waals surface area contributed by atoms with Gasteiger partial charge in [-0.05, 0) is 18.9 Å². The van der Waals surface area contributed by atoms with Gasteiger partial charge in [0.05, 0.1) is 17.4 Å². The van der Waals surface area contributed by atoms with Crippen LogP contribution in [0.5, 0.6) is 0 Å². The minimum Gasteiger partial charge on any atom is -0.308 e. The van der Waals surface area contributed by atoms with Crippen LogP contribution in [0.1, 0.15) is 24.4 Å². The van der Waals surface area contributed by atoms with Gasteiger partial charge in [0, 0.05) is 32.1 Å². The first-order valence-electron chi connectivity index (χ1n) is 7.37. The maximum Gasteiger partial charge on any atom is 0.416 e. The molecule has 1 fully saturated rings. The van der Waals surface area contributed by atoms with Crippen LogP contribution in [-0.2, 0) is 18.0 Å². The lowest BCUT2D eigenvalue weighted by Crippen LogP contribution is -2.44. The normalized spacial score (nSPS) is 18.9. The van der Waals surface area contributed by atoms with Crippen molar-refractivity contribution in [3.63, 3.8) is 0 Å². The average Bonchev–Trinajstić information content (AvgIpc) is 2.93. The molecule has 1 amide bonds. The number of hydrogen-bond donors (Lipinski definition) is 0. The summed E-state index contributed by atoms with van der Waals surface area (Å²) in [5.74, 6) is -0.323. The van der Waals surface area contributed by atoms with E-state index in [1.165, 1.54) is 11.1 Å². The fourth-order valence-corrected chi connectivity index (χ4v) is 2.84. The summed E-state index contributed by atoms with van der Waals surface area (Å²) >= 11 is 0. The summed E-state index contributed by atoms with van der Waals surface area (Å²) in [6, 6.07) is 0.530. The molecule has 6 nitrogen and oxygen atoms in total. The Morgan fingerprint density at radius 3 is 2.62 bits per heavy atom. The van der Waals surface area contributed by atoms with Crippen LogP contribution in [0.4, 0.5) is 18.9 Å². The first-order chi connectivity index (χ1) is 11.3. The molecule has 2 aromatic heterocycles. The summed E-state index contributed by atoms with van der Waals surface area (Å²) in [5, 5.41) is 4.01. The number of nitrogens with zero attached hydrogens (tertiary/aromatic N) is 4. The lowest BCUT2D eigenvalue weighted by atomic mass is 10.0. The second-order valence-electron chi connectivity index (χ2n) is 5.68. The molecule has 0 N–H and O–H groups in total. The first kappa shape index (κ1) is 16.3. The summed E-state index contributed by atoms with van der Waals surface area (Å²) in [6.07, 6.45) is 0.711. The zero-order valence-corrected chi connectivity index (χ0v) is 12.8. The van der Waals surface area contributed by atoms with Gasteiger partial charge >= 0.3 is 6.18 Å². The number of halogens is 3. The molecule has 0 saturated carbocycles. The monoisotopic (exact) mass is 340 g/mol. The highest BCUT2D eigenvalue weighted by molar-refractivity contribution is 5.96. The van der Waals surface area contributed by atoms with Crippen LogP contribution >= 0.6 is 0 Å². The molecule has 1 unspecified atom stereocenters. The van der Waals surface area contributed by atoms with Crippen molar-refractivity contribution in [2.45, 2.75) is 25.1 Å². The number of anilines is 1. The molecule has 0 aliphatic carbocycles. The van der Waals surface area contributed by atoms with E-state index in [-0.39, 0.29) is 5.91 Å². The summed E-state index contributed by atoms with van der Waals surface area (Å²) in [4.78, 5) is 26.2. The number of piperidine rings is 1. The van der Waals surface area contributed by atoms with Gasteiger partial charge in [-0.25, -0.2) is 0 Å². The van der Waals surface area contributed by atoms with E-state index < -0.39 is 23.3 Å². The molecule has 1 aliphatic rings. The van der Waals surface area contributed by atoms with Gasteiger partial charge in [-0.1, -0.05) is 0 Å². The molecule has 0 radical (unpaired) electrons. The number of aryl methyl sites for hydroxylation is 1. The highest BCUT2D eigenvalue weighted by Gasteiger charge is 2.34. The van der Waals surface area contributed by atoms with Crippen LogP contribution in [0.2, 0.25) is 0 Å². The molecular formula is C15H15F3N4O2. The van der Waals surface area contributed by atoms with Gasteiger partial charge in [-0.15, -0.1) is 0 Å². The van der Waals surface area contributed by atoms with E-state index in [1.807, 2.05) is 0 Å². The first-order valence-corrected chi connectivity index (χ1v) is 7.37.